The number of hydrogen-bond donors (Lipinski definition) is 1. The standard InChI is InChI=1S/C14H17ClN2O/c1-2-17(8-9-18)10-12-13(15)6-5-11-4-3-7-16-14(11)12/h3-7,18H,2,8-10H2,1H3. The monoisotopic (exact) mass is 264 g/mol. The van der Waals surface area contributed by atoms with Gasteiger partial charge in [0.05, 0.1) is 12.1 Å². The molecular weight excluding hydrogens is 248 g/mol. The first-order valence-electron chi connectivity index (χ1n) is 6.11. The zero-order valence-corrected chi connectivity index (χ0v) is 11.2. The molecule has 1 N–H and O–H groups in total. The van der Waals surface area contributed by atoms with Crippen molar-refractivity contribution in [3.8, 4) is 0 Å². The van der Waals surface area contributed by atoms with Gasteiger partial charge in [-0.3, -0.25) is 9.88 Å². The molecule has 0 aliphatic carbocycles. The first kappa shape index (κ1) is 13.3. The Morgan fingerprint density at radius 1 is 1.33 bits per heavy atom. The van der Waals surface area contributed by atoms with Crippen LogP contribution in [-0.2, 0) is 6.54 Å². The lowest BCUT2D eigenvalue weighted by Gasteiger charge is -2.20. The van der Waals surface area contributed by atoms with Crippen LogP contribution in [0.1, 0.15) is 12.5 Å². The minimum atomic E-state index is 0.156. The number of hydrogen-bond acceptors (Lipinski definition) is 3. The van der Waals surface area contributed by atoms with Crippen molar-refractivity contribution in [1.82, 2.24) is 9.88 Å². The highest BCUT2D eigenvalue weighted by atomic mass is 35.5. The number of fused-ring (bicyclic) bond motifs is 1. The van der Waals surface area contributed by atoms with Crippen molar-refractivity contribution >= 4 is 22.5 Å². The fourth-order valence-corrected chi connectivity index (χ4v) is 2.26. The van der Waals surface area contributed by atoms with Crippen LogP contribution in [0.15, 0.2) is 30.5 Å². The van der Waals surface area contributed by atoms with Gasteiger partial charge in [0, 0.05) is 35.3 Å². The molecule has 18 heavy (non-hydrogen) atoms. The van der Waals surface area contributed by atoms with Gasteiger partial charge in [0.2, 0.25) is 0 Å². The molecule has 2 aromatic rings. The Balaban J connectivity index is 2.39. The number of nitrogens with zero attached hydrogens (tertiary/aromatic N) is 2. The Morgan fingerprint density at radius 2 is 2.17 bits per heavy atom. The van der Waals surface area contributed by atoms with Gasteiger partial charge in [-0.2, -0.15) is 0 Å². The maximum atomic E-state index is 9.04. The van der Waals surface area contributed by atoms with E-state index in [9.17, 15) is 0 Å². The van der Waals surface area contributed by atoms with E-state index in [0.29, 0.717) is 13.1 Å². The average molecular weight is 265 g/mol. The quantitative estimate of drug-likeness (QED) is 0.902. The van der Waals surface area contributed by atoms with Gasteiger partial charge in [-0.15, -0.1) is 0 Å². The molecule has 0 aliphatic rings. The van der Waals surface area contributed by atoms with Crippen molar-refractivity contribution in [3.63, 3.8) is 0 Å². The summed E-state index contributed by atoms with van der Waals surface area (Å²) in [6, 6.07) is 7.85. The van der Waals surface area contributed by atoms with Crippen molar-refractivity contribution in [2.75, 3.05) is 19.7 Å². The molecule has 1 aromatic heterocycles. The Morgan fingerprint density at radius 3 is 2.89 bits per heavy atom. The van der Waals surface area contributed by atoms with Crippen molar-refractivity contribution in [2.45, 2.75) is 13.5 Å². The van der Waals surface area contributed by atoms with E-state index in [1.165, 1.54) is 0 Å². The first-order valence-corrected chi connectivity index (χ1v) is 6.49. The molecule has 0 radical (unpaired) electrons. The lowest BCUT2D eigenvalue weighted by atomic mass is 10.1. The minimum absolute atomic E-state index is 0.156. The van der Waals surface area contributed by atoms with Crippen LogP contribution in [0.2, 0.25) is 5.02 Å². The Bertz CT molecular complexity index is 530. The van der Waals surface area contributed by atoms with E-state index >= 15 is 0 Å². The molecule has 0 bridgehead atoms. The number of aromatic nitrogens is 1. The molecule has 0 fully saturated rings. The van der Waals surface area contributed by atoms with Gasteiger partial charge in [-0.25, -0.2) is 0 Å². The summed E-state index contributed by atoms with van der Waals surface area (Å²) in [4.78, 5) is 6.56. The second-order valence-electron chi connectivity index (χ2n) is 4.19. The van der Waals surface area contributed by atoms with E-state index in [2.05, 4.69) is 16.8 Å². The third-order valence-electron chi connectivity index (χ3n) is 3.07. The van der Waals surface area contributed by atoms with Gasteiger partial charge >= 0.3 is 0 Å². The molecule has 1 heterocycles. The zero-order chi connectivity index (χ0) is 13.0. The van der Waals surface area contributed by atoms with Crippen molar-refractivity contribution in [2.24, 2.45) is 0 Å². The van der Waals surface area contributed by atoms with Crippen LogP contribution < -0.4 is 0 Å². The average Bonchev–Trinajstić information content (AvgIpc) is 2.41. The van der Waals surface area contributed by atoms with E-state index in [0.717, 1.165) is 28.0 Å². The largest absolute Gasteiger partial charge is 0.395 e. The number of halogens is 1. The van der Waals surface area contributed by atoms with Crippen LogP contribution in [0.4, 0.5) is 0 Å². The van der Waals surface area contributed by atoms with Crippen LogP contribution in [0.3, 0.4) is 0 Å². The smallest absolute Gasteiger partial charge is 0.0761 e. The van der Waals surface area contributed by atoms with Crippen molar-refractivity contribution < 1.29 is 5.11 Å². The Hall–Kier alpha value is -1.16. The van der Waals surface area contributed by atoms with Gasteiger partial charge in [0.1, 0.15) is 0 Å². The molecular formula is C14H17ClN2O. The highest BCUT2D eigenvalue weighted by Gasteiger charge is 2.11. The molecule has 0 spiro atoms. The topological polar surface area (TPSA) is 36.4 Å². The molecule has 96 valence electrons. The van der Waals surface area contributed by atoms with Gasteiger partial charge in [0.25, 0.3) is 0 Å². The fourth-order valence-electron chi connectivity index (χ4n) is 2.05. The Kier molecular flexibility index (Phi) is 4.53. The SMILES string of the molecule is CCN(CCO)Cc1c(Cl)ccc2cccnc12. The van der Waals surface area contributed by atoms with E-state index in [1.807, 2.05) is 24.3 Å². The zero-order valence-electron chi connectivity index (χ0n) is 10.4. The fraction of sp³-hybridized carbons (Fsp3) is 0.357. The van der Waals surface area contributed by atoms with E-state index in [4.69, 9.17) is 16.7 Å². The molecule has 0 unspecified atom stereocenters. The summed E-state index contributed by atoms with van der Waals surface area (Å²) < 4.78 is 0. The summed E-state index contributed by atoms with van der Waals surface area (Å²) in [6.07, 6.45) is 1.78. The number of pyridine rings is 1. The summed E-state index contributed by atoms with van der Waals surface area (Å²) in [7, 11) is 0. The lowest BCUT2D eigenvalue weighted by molar-refractivity contribution is 0.197. The number of benzene rings is 1. The molecule has 0 saturated heterocycles. The molecule has 0 saturated carbocycles. The van der Waals surface area contributed by atoms with Gasteiger partial charge in [0.15, 0.2) is 0 Å². The molecule has 3 nitrogen and oxygen atoms in total. The molecule has 0 aliphatic heterocycles. The summed E-state index contributed by atoms with van der Waals surface area (Å²) in [6.45, 7) is 4.46. The molecule has 0 atom stereocenters. The Labute approximate surface area is 112 Å². The maximum absolute atomic E-state index is 9.04. The van der Waals surface area contributed by atoms with Crippen LogP contribution in [-0.4, -0.2) is 34.7 Å². The molecule has 2 rings (SSSR count). The van der Waals surface area contributed by atoms with Gasteiger partial charge in [-0.05, 0) is 18.7 Å². The highest BCUT2D eigenvalue weighted by molar-refractivity contribution is 6.32. The summed E-state index contributed by atoms with van der Waals surface area (Å²) in [5, 5.41) is 10.9. The second kappa shape index (κ2) is 6.14. The number of aliphatic hydroxyl groups is 1. The minimum Gasteiger partial charge on any atom is -0.395 e. The van der Waals surface area contributed by atoms with Gasteiger partial charge < -0.3 is 5.11 Å². The molecule has 1 aromatic carbocycles. The lowest BCUT2D eigenvalue weighted by Crippen LogP contribution is -2.26. The van der Waals surface area contributed by atoms with E-state index in [-0.39, 0.29) is 6.61 Å². The number of likely N-dealkylation sites (N-methyl/N-ethyl adjacent to an activating group) is 1. The second-order valence-corrected chi connectivity index (χ2v) is 4.60. The third kappa shape index (κ3) is 2.80. The van der Waals surface area contributed by atoms with Crippen molar-refractivity contribution in [3.05, 3.63) is 41.0 Å². The van der Waals surface area contributed by atoms with Crippen LogP contribution in [0.5, 0.6) is 0 Å². The summed E-state index contributed by atoms with van der Waals surface area (Å²) in [5.41, 5.74) is 1.98. The van der Waals surface area contributed by atoms with E-state index < -0.39 is 0 Å². The summed E-state index contributed by atoms with van der Waals surface area (Å²) >= 11 is 6.28. The number of rotatable bonds is 5. The van der Waals surface area contributed by atoms with Gasteiger partial charge in [-0.1, -0.05) is 30.7 Å². The highest BCUT2D eigenvalue weighted by Crippen LogP contribution is 2.25. The maximum Gasteiger partial charge on any atom is 0.0761 e. The normalized spacial score (nSPS) is 11.3. The van der Waals surface area contributed by atoms with Crippen LogP contribution >= 0.6 is 11.6 Å². The van der Waals surface area contributed by atoms with Crippen LogP contribution in [0.25, 0.3) is 10.9 Å². The molecule has 4 heteroatoms. The van der Waals surface area contributed by atoms with Crippen LogP contribution in [0, 0.1) is 0 Å². The third-order valence-corrected chi connectivity index (χ3v) is 3.42. The molecule has 0 amide bonds. The number of aliphatic hydroxyl groups excluding tert-OH is 1. The van der Waals surface area contributed by atoms with Crippen molar-refractivity contribution in [1.29, 1.82) is 0 Å². The summed E-state index contributed by atoms with van der Waals surface area (Å²) in [5.74, 6) is 0. The predicted molar refractivity (Wildman–Crippen MR) is 74.8 cm³/mol. The van der Waals surface area contributed by atoms with E-state index in [1.54, 1.807) is 6.20 Å². The predicted octanol–water partition coefficient (Wildman–Crippen LogP) is 2.70. The first-order chi connectivity index (χ1) is 8.76.